The third-order valence-corrected chi connectivity index (χ3v) is 3.83. The highest BCUT2D eigenvalue weighted by Gasteiger charge is 2.06. The summed E-state index contributed by atoms with van der Waals surface area (Å²) in [6, 6.07) is 17.5. The molecule has 0 aromatic heterocycles. The van der Waals surface area contributed by atoms with Crippen LogP contribution in [0.4, 0.5) is 0 Å². The SMILES string of the molecule is O=C(CNC(=O)Cc1ccc(Br)cc1)NCCc1ccccc1. The molecule has 0 aliphatic carbocycles. The first kappa shape index (κ1) is 17.2. The normalized spacial score (nSPS) is 10.1. The van der Waals surface area contributed by atoms with Crippen molar-refractivity contribution in [1.29, 1.82) is 0 Å². The Morgan fingerprint density at radius 1 is 0.826 bits per heavy atom. The van der Waals surface area contributed by atoms with Gasteiger partial charge >= 0.3 is 0 Å². The Hall–Kier alpha value is -2.14. The maximum atomic E-state index is 11.8. The fraction of sp³-hybridized carbons (Fsp3) is 0.222. The maximum Gasteiger partial charge on any atom is 0.239 e. The van der Waals surface area contributed by atoms with Crippen molar-refractivity contribution in [2.75, 3.05) is 13.1 Å². The number of amides is 2. The average Bonchev–Trinajstić information content (AvgIpc) is 2.56. The second kappa shape index (κ2) is 9.10. The predicted octanol–water partition coefficient (Wildman–Crippen LogP) is 2.47. The number of halogens is 1. The van der Waals surface area contributed by atoms with Crippen molar-refractivity contribution in [3.05, 3.63) is 70.2 Å². The highest BCUT2D eigenvalue weighted by atomic mass is 79.9. The Morgan fingerprint density at radius 3 is 2.22 bits per heavy atom. The van der Waals surface area contributed by atoms with Crippen LogP contribution in [0, 0.1) is 0 Å². The molecule has 0 atom stereocenters. The van der Waals surface area contributed by atoms with E-state index >= 15 is 0 Å². The van der Waals surface area contributed by atoms with Crippen molar-refractivity contribution >= 4 is 27.7 Å². The third kappa shape index (κ3) is 6.65. The minimum absolute atomic E-state index is 0.00412. The van der Waals surface area contributed by atoms with E-state index in [0.29, 0.717) is 6.54 Å². The van der Waals surface area contributed by atoms with Gasteiger partial charge in [0.1, 0.15) is 0 Å². The largest absolute Gasteiger partial charge is 0.354 e. The van der Waals surface area contributed by atoms with Gasteiger partial charge in [-0.2, -0.15) is 0 Å². The first-order valence-electron chi connectivity index (χ1n) is 7.45. The standard InChI is InChI=1S/C18H19BrN2O2/c19-16-8-6-15(7-9-16)12-17(22)21-13-18(23)20-11-10-14-4-2-1-3-5-14/h1-9H,10-13H2,(H,20,23)(H,21,22). The topological polar surface area (TPSA) is 58.2 Å². The second-order valence-electron chi connectivity index (χ2n) is 5.17. The first-order chi connectivity index (χ1) is 11.1. The van der Waals surface area contributed by atoms with Crippen LogP contribution in [-0.2, 0) is 22.4 Å². The quantitative estimate of drug-likeness (QED) is 0.781. The molecule has 2 rings (SSSR count). The van der Waals surface area contributed by atoms with Gasteiger partial charge < -0.3 is 10.6 Å². The van der Waals surface area contributed by atoms with Gasteiger partial charge in [-0.1, -0.05) is 58.4 Å². The summed E-state index contributed by atoms with van der Waals surface area (Å²) in [5.41, 5.74) is 2.09. The van der Waals surface area contributed by atoms with Crippen LogP contribution in [-0.4, -0.2) is 24.9 Å². The Morgan fingerprint density at radius 2 is 1.52 bits per heavy atom. The van der Waals surface area contributed by atoms with Crippen molar-refractivity contribution in [1.82, 2.24) is 10.6 Å². The van der Waals surface area contributed by atoms with Gasteiger partial charge in [0, 0.05) is 11.0 Å². The highest BCUT2D eigenvalue weighted by Crippen LogP contribution is 2.10. The van der Waals surface area contributed by atoms with Gasteiger partial charge in [0.15, 0.2) is 0 Å². The number of rotatable bonds is 7. The van der Waals surface area contributed by atoms with Crippen molar-refractivity contribution in [3.63, 3.8) is 0 Å². The summed E-state index contributed by atoms with van der Waals surface area (Å²) in [5.74, 6) is -0.337. The number of carbonyl (C=O) groups is 2. The molecule has 0 saturated heterocycles. The fourth-order valence-corrected chi connectivity index (χ4v) is 2.35. The molecule has 0 heterocycles. The summed E-state index contributed by atoms with van der Waals surface area (Å²) < 4.78 is 0.972. The first-order valence-corrected chi connectivity index (χ1v) is 8.24. The van der Waals surface area contributed by atoms with Crippen LogP contribution in [0.25, 0.3) is 0 Å². The van der Waals surface area contributed by atoms with E-state index < -0.39 is 0 Å². The van der Waals surface area contributed by atoms with E-state index in [1.165, 1.54) is 5.56 Å². The van der Waals surface area contributed by atoms with Gasteiger partial charge in [-0.05, 0) is 29.7 Å². The van der Waals surface area contributed by atoms with Crippen LogP contribution in [0.1, 0.15) is 11.1 Å². The molecule has 120 valence electrons. The molecule has 4 nitrogen and oxygen atoms in total. The summed E-state index contributed by atoms with van der Waals surface area (Å²) in [4.78, 5) is 23.5. The van der Waals surface area contributed by atoms with Crippen LogP contribution in [0.2, 0.25) is 0 Å². The molecule has 0 bridgehead atoms. The van der Waals surface area contributed by atoms with Crippen LogP contribution < -0.4 is 10.6 Å². The van der Waals surface area contributed by atoms with Crippen molar-refractivity contribution in [2.24, 2.45) is 0 Å². The number of nitrogens with one attached hydrogen (secondary N) is 2. The van der Waals surface area contributed by atoms with E-state index in [4.69, 9.17) is 0 Å². The Balaban J connectivity index is 1.63. The Bertz CT molecular complexity index is 642. The average molecular weight is 375 g/mol. The summed E-state index contributed by atoms with van der Waals surface area (Å²) in [6.07, 6.45) is 1.05. The summed E-state index contributed by atoms with van der Waals surface area (Å²) in [5, 5.41) is 5.43. The molecule has 2 N–H and O–H groups in total. The molecule has 2 aromatic rings. The van der Waals surface area contributed by atoms with Crippen LogP contribution in [0.15, 0.2) is 59.1 Å². The van der Waals surface area contributed by atoms with Crippen LogP contribution in [0.3, 0.4) is 0 Å². The van der Waals surface area contributed by atoms with Crippen molar-refractivity contribution < 1.29 is 9.59 Å². The van der Waals surface area contributed by atoms with Gasteiger partial charge in [-0.25, -0.2) is 0 Å². The smallest absolute Gasteiger partial charge is 0.239 e. The van der Waals surface area contributed by atoms with E-state index in [1.807, 2.05) is 54.6 Å². The van der Waals surface area contributed by atoms with E-state index in [-0.39, 0.29) is 24.8 Å². The zero-order valence-electron chi connectivity index (χ0n) is 12.7. The van der Waals surface area contributed by atoms with Gasteiger partial charge in [0.05, 0.1) is 13.0 Å². The zero-order chi connectivity index (χ0) is 16.5. The van der Waals surface area contributed by atoms with Crippen LogP contribution in [0.5, 0.6) is 0 Å². The van der Waals surface area contributed by atoms with E-state index in [0.717, 1.165) is 16.5 Å². The Labute approximate surface area is 144 Å². The molecular formula is C18H19BrN2O2. The molecular weight excluding hydrogens is 356 g/mol. The lowest BCUT2D eigenvalue weighted by Crippen LogP contribution is -2.38. The molecule has 0 spiro atoms. The van der Waals surface area contributed by atoms with Gasteiger partial charge in [-0.3, -0.25) is 9.59 Å². The molecule has 0 saturated carbocycles. The lowest BCUT2D eigenvalue weighted by Gasteiger charge is -2.07. The number of carbonyl (C=O) groups excluding carboxylic acids is 2. The second-order valence-corrected chi connectivity index (χ2v) is 6.08. The molecule has 0 aliphatic heterocycles. The highest BCUT2D eigenvalue weighted by molar-refractivity contribution is 9.10. The monoisotopic (exact) mass is 374 g/mol. The van der Waals surface area contributed by atoms with Crippen molar-refractivity contribution in [3.8, 4) is 0 Å². The van der Waals surface area contributed by atoms with Gasteiger partial charge in [0.2, 0.25) is 11.8 Å². The van der Waals surface area contributed by atoms with Crippen molar-refractivity contribution in [2.45, 2.75) is 12.8 Å². The molecule has 2 amide bonds. The molecule has 5 heteroatoms. The van der Waals surface area contributed by atoms with E-state index in [2.05, 4.69) is 26.6 Å². The lowest BCUT2D eigenvalue weighted by atomic mass is 10.1. The summed E-state index contributed by atoms with van der Waals surface area (Å²) >= 11 is 3.35. The lowest BCUT2D eigenvalue weighted by molar-refractivity contribution is -0.125. The fourth-order valence-electron chi connectivity index (χ4n) is 2.08. The molecule has 0 fully saturated rings. The zero-order valence-corrected chi connectivity index (χ0v) is 14.3. The van der Waals surface area contributed by atoms with Crippen LogP contribution >= 0.6 is 15.9 Å². The molecule has 0 unspecified atom stereocenters. The minimum Gasteiger partial charge on any atom is -0.354 e. The third-order valence-electron chi connectivity index (χ3n) is 3.30. The minimum atomic E-state index is -0.176. The molecule has 0 radical (unpaired) electrons. The number of benzene rings is 2. The molecule has 23 heavy (non-hydrogen) atoms. The molecule has 2 aromatic carbocycles. The Kier molecular flexibility index (Phi) is 6.81. The van der Waals surface area contributed by atoms with Gasteiger partial charge in [-0.15, -0.1) is 0 Å². The predicted molar refractivity (Wildman–Crippen MR) is 94.0 cm³/mol. The number of hydrogen-bond donors (Lipinski definition) is 2. The number of hydrogen-bond acceptors (Lipinski definition) is 2. The van der Waals surface area contributed by atoms with E-state index in [1.54, 1.807) is 0 Å². The maximum absolute atomic E-state index is 11.8. The summed E-state index contributed by atoms with van der Waals surface area (Å²) in [7, 11) is 0. The van der Waals surface area contributed by atoms with Gasteiger partial charge in [0.25, 0.3) is 0 Å². The molecule has 0 aliphatic rings. The van der Waals surface area contributed by atoms with E-state index in [9.17, 15) is 9.59 Å². The summed E-state index contributed by atoms with van der Waals surface area (Å²) in [6.45, 7) is 0.565.